The number of aliphatic imine (C=N–C) groups is 1. The Morgan fingerprint density at radius 1 is 1.30 bits per heavy atom. The quantitative estimate of drug-likeness (QED) is 0.654. The van der Waals surface area contributed by atoms with Gasteiger partial charge in [0, 0.05) is 31.6 Å². The van der Waals surface area contributed by atoms with Gasteiger partial charge in [0.2, 0.25) is 5.91 Å². The molecular weight excluding hydrogens is 364 g/mol. The van der Waals surface area contributed by atoms with Crippen LogP contribution < -0.4 is 10.0 Å². The maximum Gasteiger partial charge on any atom is 0.263 e. The van der Waals surface area contributed by atoms with Crippen molar-refractivity contribution in [2.45, 2.75) is 37.0 Å². The Kier molecular flexibility index (Phi) is 6.49. The summed E-state index contributed by atoms with van der Waals surface area (Å²) in [4.78, 5) is 18.9. The van der Waals surface area contributed by atoms with Crippen molar-refractivity contribution in [2.75, 3.05) is 33.2 Å². The number of rotatable bonds is 8. The molecule has 1 aromatic carbocycles. The molecule has 1 fully saturated rings. The molecular formula is C19H28N4O3S. The minimum Gasteiger partial charge on any atom is -0.342 e. The van der Waals surface area contributed by atoms with Crippen LogP contribution in [-0.2, 0) is 14.8 Å². The van der Waals surface area contributed by atoms with Crippen molar-refractivity contribution in [3.05, 3.63) is 29.8 Å². The predicted octanol–water partition coefficient (Wildman–Crippen LogP) is 1.35. The molecule has 2 aliphatic rings. The van der Waals surface area contributed by atoms with Gasteiger partial charge in [-0.15, -0.1) is 0 Å². The van der Waals surface area contributed by atoms with Crippen LogP contribution in [0.1, 0.15) is 37.7 Å². The largest absolute Gasteiger partial charge is 0.342 e. The lowest BCUT2D eigenvalue weighted by Crippen LogP contribution is -2.30. The summed E-state index contributed by atoms with van der Waals surface area (Å²) in [5.41, 5.74) is 0.637. The number of carbonyl (C=O) groups is 1. The summed E-state index contributed by atoms with van der Waals surface area (Å²) in [6.45, 7) is 3.26. The van der Waals surface area contributed by atoms with E-state index in [-0.39, 0.29) is 10.8 Å². The van der Waals surface area contributed by atoms with Crippen molar-refractivity contribution in [3.63, 3.8) is 0 Å². The van der Waals surface area contributed by atoms with Gasteiger partial charge in [-0.25, -0.2) is 8.42 Å². The number of amides is 1. The van der Waals surface area contributed by atoms with E-state index in [2.05, 4.69) is 15.0 Å². The fourth-order valence-corrected chi connectivity index (χ4v) is 4.93. The summed E-state index contributed by atoms with van der Waals surface area (Å²) >= 11 is 0. The van der Waals surface area contributed by atoms with Crippen LogP contribution in [0.15, 0.2) is 34.2 Å². The van der Waals surface area contributed by atoms with E-state index in [1.54, 1.807) is 18.2 Å². The number of fused-ring (bicyclic) bond motifs is 1. The third kappa shape index (κ3) is 4.87. The number of sulfonamides is 1. The van der Waals surface area contributed by atoms with Crippen LogP contribution in [0.25, 0.3) is 0 Å². The molecule has 148 valence electrons. The van der Waals surface area contributed by atoms with Gasteiger partial charge in [0.15, 0.2) is 0 Å². The summed E-state index contributed by atoms with van der Waals surface area (Å²) in [5, 5.41) is 3.18. The van der Waals surface area contributed by atoms with Gasteiger partial charge >= 0.3 is 0 Å². The van der Waals surface area contributed by atoms with E-state index in [9.17, 15) is 13.2 Å². The first kappa shape index (κ1) is 19.8. The average Bonchev–Trinajstić information content (AvgIpc) is 3.21. The van der Waals surface area contributed by atoms with Gasteiger partial charge in [0.25, 0.3) is 10.0 Å². The van der Waals surface area contributed by atoms with Crippen molar-refractivity contribution in [1.82, 2.24) is 14.9 Å². The van der Waals surface area contributed by atoms with E-state index < -0.39 is 10.0 Å². The molecule has 0 aliphatic carbocycles. The Balaban J connectivity index is 1.38. The average molecular weight is 393 g/mol. The third-order valence-corrected chi connectivity index (χ3v) is 6.51. The molecule has 7 nitrogen and oxygen atoms in total. The molecule has 0 spiro atoms. The molecule has 1 amide bonds. The van der Waals surface area contributed by atoms with Gasteiger partial charge in [-0.1, -0.05) is 18.6 Å². The monoisotopic (exact) mass is 392 g/mol. The molecule has 2 aliphatic heterocycles. The lowest BCUT2D eigenvalue weighted by Gasteiger charge is -2.16. The first-order valence-electron chi connectivity index (χ1n) is 9.60. The number of benzene rings is 1. The standard InChI is InChI=1S/C19H28N4O3S/c1-20-13-15-10-12-23(14-15)18(24)9-3-2-6-11-21-19-16-7-4-5-8-17(16)27(25,26)22-19/h4-5,7-8,15,20H,2-3,6,9-14H2,1H3,(H,21,22). The number of unbranched alkanes of at least 4 members (excludes halogenated alkanes) is 2. The van der Waals surface area contributed by atoms with E-state index in [4.69, 9.17) is 0 Å². The van der Waals surface area contributed by atoms with E-state index in [0.717, 1.165) is 45.3 Å². The molecule has 3 rings (SSSR count). The van der Waals surface area contributed by atoms with Crippen LogP contribution in [0.5, 0.6) is 0 Å². The molecule has 8 heteroatoms. The zero-order valence-electron chi connectivity index (χ0n) is 15.8. The normalized spacial score (nSPS) is 22.0. The number of hydrogen-bond donors (Lipinski definition) is 2. The second-order valence-corrected chi connectivity index (χ2v) is 8.85. The lowest BCUT2D eigenvalue weighted by atomic mass is 10.1. The minimum absolute atomic E-state index is 0.248. The number of hydrogen-bond acceptors (Lipinski definition) is 5. The highest BCUT2D eigenvalue weighted by atomic mass is 32.2. The van der Waals surface area contributed by atoms with E-state index in [1.165, 1.54) is 0 Å². The molecule has 0 saturated carbocycles. The Morgan fingerprint density at radius 2 is 2.11 bits per heavy atom. The van der Waals surface area contributed by atoms with Gasteiger partial charge in [-0.2, -0.15) is 0 Å². The van der Waals surface area contributed by atoms with Gasteiger partial charge < -0.3 is 10.2 Å². The molecule has 1 unspecified atom stereocenters. The van der Waals surface area contributed by atoms with Gasteiger partial charge in [-0.05, 0) is 50.9 Å². The van der Waals surface area contributed by atoms with E-state index in [1.807, 2.05) is 18.0 Å². The van der Waals surface area contributed by atoms with Crippen LogP contribution in [0.4, 0.5) is 0 Å². The van der Waals surface area contributed by atoms with Crippen LogP contribution in [0, 0.1) is 5.92 Å². The Labute approximate surface area is 161 Å². The summed E-state index contributed by atoms with van der Waals surface area (Å²) < 4.78 is 26.6. The highest BCUT2D eigenvalue weighted by molar-refractivity contribution is 7.90. The summed E-state index contributed by atoms with van der Waals surface area (Å²) in [6, 6.07) is 6.87. The number of likely N-dealkylation sites (tertiary alicyclic amines) is 1. The van der Waals surface area contributed by atoms with Crippen LogP contribution in [-0.4, -0.2) is 58.3 Å². The molecule has 0 radical (unpaired) electrons. The predicted molar refractivity (Wildman–Crippen MR) is 105 cm³/mol. The van der Waals surface area contributed by atoms with E-state index in [0.29, 0.717) is 30.3 Å². The molecule has 1 atom stereocenters. The number of nitrogens with zero attached hydrogens (tertiary/aromatic N) is 2. The molecule has 1 saturated heterocycles. The van der Waals surface area contributed by atoms with Crippen molar-refractivity contribution in [1.29, 1.82) is 0 Å². The SMILES string of the molecule is CNCC1CCN(C(=O)CCCCCN=C2NS(=O)(=O)c3ccccc32)C1. The number of amidine groups is 1. The molecule has 2 heterocycles. The molecule has 27 heavy (non-hydrogen) atoms. The fourth-order valence-electron chi connectivity index (χ4n) is 3.68. The number of carbonyl (C=O) groups excluding carboxylic acids is 1. The Hall–Kier alpha value is -1.93. The topological polar surface area (TPSA) is 90.9 Å². The zero-order valence-corrected chi connectivity index (χ0v) is 16.6. The van der Waals surface area contributed by atoms with Crippen molar-refractivity contribution < 1.29 is 13.2 Å². The maximum absolute atomic E-state index is 12.2. The third-order valence-electron chi connectivity index (χ3n) is 5.11. The summed E-state index contributed by atoms with van der Waals surface area (Å²) in [6.07, 6.45) is 4.26. The highest BCUT2D eigenvalue weighted by Crippen LogP contribution is 2.22. The van der Waals surface area contributed by atoms with Crippen molar-refractivity contribution in [2.24, 2.45) is 10.9 Å². The van der Waals surface area contributed by atoms with Crippen LogP contribution >= 0.6 is 0 Å². The van der Waals surface area contributed by atoms with Crippen molar-refractivity contribution >= 4 is 21.8 Å². The molecule has 1 aromatic rings. The Bertz CT molecular complexity index is 807. The first-order chi connectivity index (χ1) is 13.0. The molecule has 0 bridgehead atoms. The van der Waals surface area contributed by atoms with E-state index >= 15 is 0 Å². The Morgan fingerprint density at radius 3 is 2.93 bits per heavy atom. The maximum atomic E-state index is 12.2. The summed E-state index contributed by atoms with van der Waals surface area (Å²) in [5.74, 6) is 1.25. The fraction of sp³-hybridized carbons (Fsp3) is 0.579. The highest BCUT2D eigenvalue weighted by Gasteiger charge is 2.30. The second kappa shape index (κ2) is 8.84. The molecule has 2 N–H and O–H groups in total. The van der Waals surface area contributed by atoms with Crippen LogP contribution in [0.3, 0.4) is 0 Å². The van der Waals surface area contributed by atoms with Gasteiger partial charge in [0.05, 0.1) is 4.90 Å². The summed E-state index contributed by atoms with van der Waals surface area (Å²) in [7, 11) is -1.52. The number of nitrogens with one attached hydrogen (secondary N) is 2. The minimum atomic E-state index is -3.47. The first-order valence-corrected chi connectivity index (χ1v) is 11.1. The van der Waals surface area contributed by atoms with Gasteiger partial charge in [-0.3, -0.25) is 14.5 Å². The smallest absolute Gasteiger partial charge is 0.263 e. The van der Waals surface area contributed by atoms with Crippen LogP contribution in [0.2, 0.25) is 0 Å². The lowest BCUT2D eigenvalue weighted by molar-refractivity contribution is -0.130. The van der Waals surface area contributed by atoms with Gasteiger partial charge in [0.1, 0.15) is 5.84 Å². The second-order valence-electron chi connectivity index (χ2n) is 7.19. The molecule has 0 aromatic heterocycles. The zero-order chi connectivity index (χ0) is 19.3. The van der Waals surface area contributed by atoms with Crippen molar-refractivity contribution in [3.8, 4) is 0 Å².